The molecule has 0 aromatic rings. The maximum atomic E-state index is 11.2. The van der Waals surface area contributed by atoms with Gasteiger partial charge in [-0.15, -0.1) is 0 Å². The zero-order valence-corrected chi connectivity index (χ0v) is 9.80. The fraction of sp³-hybridized carbons (Fsp3) is 0.917. The number of ether oxygens (including phenoxy) is 1. The smallest absolute Gasteiger partial charge is 0.306 e. The molecule has 0 radical (unpaired) electrons. The second-order valence-corrected chi connectivity index (χ2v) is 5.07. The molecule has 0 bridgehead atoms. The molecule has 0 aromatic heterocycles. The highest BCUT2D eigenvalue weighted by Gasteiger charge is 2.41. The van der Waals surface area contributed by atoms with Gasteiger partial charge in [0.2, 0.25) is 0 Å². The van der Waals surface area contributed by atoms with Gasteiger partial charge in [0.1, 0.15) is 5.60 Å². The molecular weight excluding hydrogens is 176 g/mol. The van der Waals surface area contributed by atoms with Crippen molar-refractivity contribution in [3.63, 3.8) is 0 Å². The summed E-state index contributed by atoms with van der Waals surface area (Å²) in [5.74, 6) is 1.16. The molecule has 1 fully saturated rings. The van der Waals surface area contributed by atoms with Gasteiger partial charge in [0.15, 0.2) is 0 Å². The molecule has 0 spiro atoms. The minimum Gasteiger partial charge on any atom is -0.459 e. The SMILES string of the molecule is CCC(C)CCC1CC(=O)OC1(C)C. The number of carbonyl (C=O) groups excluding carboxylic acids is 1. The van der Waals surface area contributed by atoms with Crippen molar-refractivity contribution in [2.24, 2.45) is 11.8 Å². The van der Waals surface area contributed by atoms with E-state index in [1.54, 1.807) is 0 Å². The maximum absolute atomic E-state index is 11.2. The van der Waals surface area contributed by atoms with Gasteiger partial charge in [-0.2, -0.15) is 0 Å². The average Bonchev–Trinajstić information content (AvgIpc) is 2.35. The summed E-state index contributed by atoms with van der Waals surface area (Å²) < 4.78 is 5.29. The van der Waals surface area contributed by atoms with Crippen molar-refractivity contribution in [1.82, 2.24) is 0 Å². The van der Waals surface area contributed by atoms with Gasteiger partial charge in [0, 0.05) is 5.92 Å². The third-order valence-corrected chi connectivity index (χ3v) is 3.48. The van der Waals surface area contributed by atoms with E-state index in [2.05, 4.69) is 13.8 Å². The van der Waals surface area contributed by atoms with E-state index in [0.717, 1.165) is 12.3 Å². The van der Waals surface area contributed by atoms with Crippen LogP contribution in [0.3, 0.4) is 0 Å². The summed E-state index contributed by atoms with van der Waals surface area (Å²) in [6, 6.07) is 0. The lowest BCUT2D eigenvalue weighted by molar-refractivity contribution is -0.146. The van der Waals surface area contributed by atoms with Gasteiger partial charge in [-0.25, -0.2) is 0 Å². The molecule has 2 unspecified atom stereocenters. The molecule has 0 amide bonds. The highest BCUT2D eigenvalue weighted by Crippen LogP contribution is 2.36. The van der Waals surface area contributed by atoms with E-state index in [1.165, 1.54) is 12.8 Å². The molecule has 0 aromatic carbocycles. The number of carbonyl (C=O) groups is 1. The van der Waals surface area contributed by atoms with E-state index in [4.69, 9.17) is 4.74 Å². The molecule has 2 nitrogen and oxygen atoms in total. The zero-order valence-electron chi connectivity index (χ0n) is 9.80. The lowest BCUT2D eigenvalue weighted by Crippen LogP contribution is -2.27. The summed E-state index contributed by atoms with van der Waals surface area (Å²) in [6.07, 6.45) is 4.17. The predicted octanol–water partition coefficient (Wildman–Crippen LogP) is 3.15. The first kappa shape index (κ1) is 11.5. The number of cyclic esters (lactones) is 1. The predicted molar refractivity (Wildman–Crippen MR) is 57.0 cm³/mol. The molecule has 82 valence electrons. The first-order valence-electron chi connectivity index (χ1n) is 5.67. The van der Waals surface area contributed by atoms with Crippen LogP contribution >= 0.6 is 0 Å². The van der Waals surface area contributed by atoms with Crippen molar-refractivity contribution in [3.05, 3.63) is 0 Å². The monoisotopic (exact) mass is 198 g/mol. The summed E-state index contributed by atoms with van der Waals surface area (Å²) in [5.41, 5.74) is -0.232. The average molecular weight is 198 g/mol. The van der Waals surface area contributed by atoms with Crippen LogP contribution in [0.2, 0.25) is 0 Å². The van der Waals surface area contributed by atoms with E-state index in [0.29, 0.717) is 12.3 Å². The Morgan fingerprint density at radius 2 is 2.21 bits per heavy atom. The van der Waals surface area contributed by atoms with Crippen LogP contribution in [0.5, 0.6) is 0 Å². The third-order valence-electron chi connectivity index (χ3n) is 3.48. The van der Waals surface area contributed by atoms with Crippen molar-refractivity contribution < 1.29 is 9.53 Å². The summed E-state index contributed by atoms with van der Waals surface area (Å²) in [4.78, 5) is 11.2. The van der Waals surface area contributed by atoms with Gasteiger partial charge < -0.3 is 4.74 Å². The Kier molecular flexibility index (Phi) is 3.57. The van der Waals surface area contributed by atoms with Crippen molar-refractivity contribution in [2.75, 3.05) is 0 Å². The Morgan fingerprint density at radius 3 is 2.64 bits per heavy atom. The quantitative estimate of drug-likeness (QED) is 0.649. The van der Waals surface area contributed by atoms with Gasteiger partial charge in [0.25, 0.3) is 0 Å². The Labute approximate surface area is 87.0 Å². The number of rotatable bonds is 4. The third kappa shape index (κ3) is 2.73. The van der Waals surface area contributed by atoms with Crippen molar-refractivity contribution >= 4 is 5.97 Å². The summed E-state index contributed by atoms with van der Waals surface area (Å²) >= 11 is 0. The lowest BCUT2D eigenvalue weighted by Gasteiger charge is -2.25. The van der Waals surface area contributed by atoms with Crippen LogP contribution in [-0.4, -0.2) is 11.6 Å². The Bertz CT molecular complexity index is 208. The molecule has 1 rings (SSSR count). The van der Waals surface area contributed by atoms with Crippen LogP contribution < -0.4 is 0 Å². The normalized spacial score (nSPS) is 27.4. The lowest BCUT2D eigenvalue weighted by atomic mass is 9.84. The van der Waals surface area contributed by atoms with Crippen LogP contribution in [0.25, 0.3) is 0 Å². The highest BCUT2D eigenvalue weighted by atomic mass is 16.6. The first-order chi connectivity index (χ1) is 6.45. The molecule has 0 aliphatic carbocycles. The van der Waals surface area contributed by atoms with Crippen LogP contribution in [0.4, 0.5) is 0 Å². The first-order valence-corrected chi connectivity index (χ1v) is 5.67. The van der Waals surface area contributed by atoms with Crippen LogP contribution in [0.1, 0.15) is 53.4 Å². The Hall–Kier alpha value is -0.530. The van der Waals surface area contributed by atoms with Crippen LogP contribution in [0, 0.1) is 11.8 Å². The topological polar surface area (TPSA) is 26.3 Å². The highest BCUT2D eigenvalue weighted by molar-refractivity contribution is 5.72. The molecule has 0 N–H and O–H groups in total. The molecule has 1 aliphatic rings. The van der Waals surface area contributed by atoms with Gasteiger partial charge in [-0.1, -0.05) is 26.7 Å². The van der Waals surface area contributed by atoms with Gasteiger partial charge in [-0.05, 0) is 26.2 Å². The van der Waals surface area contributed by atoms with E-state index in [9.17, 15) is 4.79 Å². The number of hydrogen-bond acceptors (Lipinski definition) is 2. The van der Waals surface area contributed by atoms with E-state index < -0.39 is 0 Å². The van der Waals surface area contributed by atoms with Crippen molar-refractivity contribution in [2.45, 2.75) is 59.0 Å². The molecule has 1 aliphatic heterocycles. The van der Waals surface area contributed by atoms with E-state index in [-0.39, 0.29) is 11.6 Å². The molecule has 0 saturated carbocycles. The summed E-state index contributed by atoms with van der Waals surface area (Å²) in [5, 5.41) is 0. The van der Waals surface area contributed by atoms with Crippen molar-refractivity contribution in [3.8, 4) is 0 Å². The van der Waals surface area contributed by atoms with Crippen LogP contribution in [0.15, 0.2) is 0 Å². The van der Waals surface area contributed by atoms with Crippen LogP contribution in [-0.2, 0) is 9.53 Å². The van der Waals surface area contributed by atoms with Crippen molar-refractivity contribution in [1.29, 1.82) is 0 Å². The molecular formula is C12H22O2. The minimum atomic E-state index is -0.232. The molecule has 14 heavy (non-hydrogen) atoms. The second-order valence-electron chi connectivity index (χ2n) is 5.07. The van der Waals surface area contributed by atoms with Gasteiger partial charge in [-0.3, -0.25) is 4.79 Å². The standard InChI is InChI=1S/C12H22O2/c1-5-9(2)6-7-10-8-11(13)14-12(10,3)4/h9-10H,5-8H2,1-4H3. The van der Waals surface area contributed by atoms with Gasteiger partial charge in [0.05, 0.1) is 6.42 Å². The molecule has 1 saturated heterocycles. The second kappa shape index (κ2) is 4.33. The number of esters is 1. The fourth-order valence-corrected chi connectivity index (χ4v) is 2.00. The summed E-state index contributed by atoms with van der Waals surface area (Å²) in [6.45, 7) is 8.54. The van der Waals surface area contributed by atoms with E-state index >= 15 is 0 Å². The molecule has 2 atom stereocenters. The molecule has 1 heterocycles. The zero-order chi connectivity index (χ0) is 10.8. The van der Waals surface area contributed by atoms with Gasteiger partial charge >= 0.3 is 5.97 Å². The largest absolute Gasteiger partial charge is 0.459 e. The maximum Gasteiger partial charge on any atom is 0.306 e. The fourth-order valence-electron chi connectivity index (χ4n) is 2.00. The summed E-state index contributed by atoms with van der Waals surface area (Å²) in [7, 11) is 0. The Morgan fingerprint density at radius 1 is 1.57 bits per heavy atom. The van der Waals surface area contributed by atoms with E-state index in [1.807, 2.05) is 13.8 Å². The molecule has 2 heteroatoms. The Balaban J connectivity index is 2.41. The number of hydrogen-bond donors (Lipinski definition) is 0. The minimum absolute atomic E-state index is 0.0239.